The Labute approximate surface area is 88.3 Å². The maximum atomic E-state index is 4.36. The first kappa shape index (κ1) is 9.59. The van der Waals surface area contributed by atoms with Crippen LogP contribution in [0.4, 0.5) is 0 Å². The van der Waals surface area contributed by atoms with E-state index in [9.17, 15) is 0 Å². The smallest absolute Gasteiger partial charge is 0.108 e. The molecule has 2 aromatic rings. The Bertz CT molecular complexity index is 466. The summed E-state index contributed by atoms with van der Waals surface area (Å²) in [5.74, 6) is 0. The van der Waals surface area contributed by atoms with E-state index in [2.05, 4.69) is 48.6 Å². The third-order valence-electron chi connectivity index (χ3n) is 2.31. The second-order valence-corrected chi connectivity index (χ2v) is 5.22. The molecule has 14 heavy (non-hydrogen) atoms. The Kier molecular flexibility index (Phi) is 2.07. The van der Waals surface area contributed by atoms with Crippen LogP contribution in [0.2, 0.25) is 0 Å². The molecular formula is C11H14N2S. The van der Waals surface area contributed by atoms with E-state index < -0.39 is 0 Å². The molecule has 74 valence electrons. The zero-order valence-corrected chi connectivity index (χ0v) is 9.77. The van der Waals surface area contributed by atoms with Gasteiger partial charge in [0.15, 0.2) is 0 Å². The van der Waals surface area contributed by atoms with E-state index in [0.29, 0.717) is 0 Å². The van der Waals surface area contributed by atoms with Crippen LogP contribution in [0.15, 0.2) is 12.1 Å². The van der Waals surface area contributed by atoms with Gasteiger partial charge in [-0.25, -0.2) is 0 Å². The van der Waals surface area contributed by atoms with Crippen molar-refractivity contribution in [3.8, 4) is 0 Å². The summed E-state index contributed by atoms with van der Waals surface area (Å²) < 4.78 is 8.64. The Morgan fingerprint density at radius 3 is 2.50 bits per heavy atom. The van der Waals surface area contributed by atoms with Crippen molar-refractivity contribution in [2.75, 3.05) is 0 Å². The first-order valence-electron chi connectivity index (χ1n) is 4.72. The van der Waals surface area contributed by atoms with Crippen molar-refractivity contribution in [2.45, 2.75) is 33.1 Å². The highest BCUT2D eigenvalue weighted by Crippen LogP contribution is 2.29. The number of hydrogen-bond acceptors (Lipinski definition) is 3. The van der Waals surface area contributed by atoms with E-state index in [0.717, 1.165) is 11.0 Å². The summed E-state index contributed by atoms with van der Waals surface area (Å²) in [6.45, 7) is 8.73. The molecular weight excluding hydrogens is 192 g/mol. The van der Waals surface area contributed by atoms with Crippen LogP contribution in [-0.2, 0) is 5.41 Å². The number of aryl methyl sites for hydroxylation is 1. The minimum absolute atomic E-state index is 0.139. The molecule has 0 unspecified atom stereocenters. The number of fused-ring (bicyclic) bond motifs is 1. The molecule has 0 amide bonds. The fourth-order valence-electron chi connectivity index (χ4n) is 1.60. The van der Waals surface area contributed by atoms with Gasteiger partial charge in [-0.15, -0.1) is 0 Å². The summed E-state index contributed by atoms with van der Waals surface area (Å²) in [7, 11) is 0. The van der Waals surface area contributed by atoms with Crippen molar-refractivity contribution in [3.63, 3.8) is 0 Å². The molecule has 0 spiro atoms. The minimum atomic E-state index is 0.139. The first-order chi connectivity index (χ1) is 6.48. The molecule has 0 radical (unpaired) electrons. The zero-order valence-electron chi connectivity index (χ0n) is 8.96. The van der Waals surface area contributed by atoms with Crippen LogP contribution in [0.1, 0.15) is 31.9 Å². The van der Waals surface area contributed by atoms with E-state index in [-0.39, 0.29) is 5.41 Å². The Balaban J connectivity index is 2.80. The summed E-state index contributed by atoms with van der Waals surface area (Å²) in [4.78, 5) is 0. The summed E-state index contributed by atoms with van der Waals surface area (Å²) in [5.41, 5.74) is 4.78. The number of hydrogen-bond donors (Lipinski definition) is 0. The fourth-order valence-corrected chi connectivity index (χ4v) is 2.14. The Hall–Kier alpha value is -0.960. The lowest BCUT2D eigenvalue weighted by Gasteiger charge is -2.19. The quantitative estimate of drug-likeness (QED) is 0.661. The van der Waals surface area contributed by atoms with Crippen LogP contribution in [0.3, 0.4) is 0 Å². The average Bonchev–Trinajstić information content (AvgIpc) is 2.47. The lowest BCUT2D eigenvalue weighted by atomic mass is 9.85. The highest BCUT2D eigenvalue weighted by atomic mass is 32.1. The predicted molar refractivity (Wildman–Crippen MR) is 60.9 cm³/mol. The Morgan fingerprint density at radius 1 is 1.14 bits per heavy atom. The van der Waals surface area contributed by atoms with Crippen LogP contribution < -0.4 is 0 Å². The number of benzene rings is 1. The van der Waals surface area contributed by atoms with Gasteiger partial charge in [-0.3, -0.25) is 0 Å². The molecule has 2 nitrogen and oxygen atoms in total. The highest BCUT2D eigenvalue weighted by Gasteiger charge is 2.19. The Morgan fingerprint density at radius 2 is 1.86 bits per heavy atom. The maximum Gasteiger partial charge on any atom is 0.108 e. The van der Waals surface area contributed by atoms with Crippen molar-refractivity contribution < 1.29 is 0 Å². The standard InChI is InChI=1S/C11H14N2S/c1-7-5-8(11(2,3)4)10-9(6-7)12-14-13-10/h5-6H,1-4H3. The van der Waals surface area contributed by atoms with Crippen LogP contribution in [-0.4, -0.2) is 8.75 Å². The minimum Gasteiger partial charge on any atom is -0.173 e. The van der Waals surface area contributed by atoms with Crippen molar-refractivity contribution >= 4 is 22.8 Å². The highest BCUT2D eigenvalue weighted by molar-refractivity contribution is 7.00. The topological polar surface area (TPSA) is 25.8 Å². The average molecular weight is 206 g/mol. The molecule has 1 heterocycles. The molecule has 0 atom stereocenters. The molecule has 0 bridgehead atoms. The molecule has 2 rings (SSSR count). The van der Waals surface area contributed by atoms with Gasteiger partial charge in [0.05, 0.1) is 11.7 Å². The van der Waals surface area contributed by atoms with Crippen LogP contribution in [0.25, 0.3) is 11.0 Å². The molecule has 0 fully saturated rings. The van der Waals surface area contributed by atoms with Gasteiger partial charge < -0.3 is 0 Å². The van der Waals surface area contributed by atoms with Gasteiger partial charge in [-0.2, -0.15) is 8.75 Å². The lowest BCUT2D eigenvalue weighted by molar-refractivity contribution is 0.594. The monoisotopic (exact) mass is 206 g/mol. The molecule has 0 aliphatic heterocycles. The zero-order chi connectivity index (χ0) is 10.3. The van der Waals surface area contributed by atoms with Gasteiger partial charge >= 0.3 is 0 Å². The van der Waals surface area contributed by atoms with Crippen LogP contribution in [0, 0.1) is 6.92 Å². The van der Waals surface area contributed by atoms with E-state index in [1.54, 1.807) is 0 Å². The van der Waals surface area contributed by atoms with Crippen molar-refractivity contribution in [2.24, 2.45) is 0 Å². The molecule has 0 saturated carbocycles. The number of aromatic nitrogens is 2. The normalized spacial score (nSPS) is 12.3. The van der Waals surface area contributed by atoms with Gasteiger partial charge in [0.25, 0.3) is 0 Å². The van der Waals surface area contributed by atoms with Gasteiger partial charge in [0.1, 0.15) is 11.0 Å². The molecule has 0 saturated heterocycles. The fraction of sp³-hybridized carbons (Fsp3) is 0.455. The molecule has 0 N–H and O–H groups in total. The summed E-state index contributed by atoms with van der Waals surface area (Å²) in [5, 5.41) is 0. The summed E-state index contributed by atoms with van der Waals surface area (Å²) in [6.07, 6.45) is 0. The first-order valence-corrected chi connectivity index (χ1v) is 5.45. The van der Waals surface area contributed by atoms with Crippen molar-refractivity contribution in [1.29, 1.82) is 0 Å². The van der Waals surface area contributed by atoms with Gasteiger partial charge in [-0.1, -0.05) is 26.8 Å². The second-order valence-electron chi connectivity index (χ2n) is 4.69. The summed E-state index contributed by atoms with van der Waals surface area (Å²) in [6, 6.07) is 4.30. The molecule has 3 heteroatoms. The van der Waals surface area contributed by atoms with E-state index in [1.165, 1.54) is 22.9 Å². The van der Waals surface area contributed by atoms with Gasteiger partial charge in [0.2, 0.25) is 0 Å². The molecule has 1 aromatic carbocycles. The number of nitrogens with zero attached hydrogens (tertiary/aromatic N) is 2. The van der Waals surface area contributed by atoms with Gasteiger partial charge in [0, 0.05) is 0 Å². The van der Waals surface area contributed by atoms with E-state index >= 15 is 0 Å². The second kappa shape index (κ2) is 3.02. The van der Waals surface area contributed by atoms with Crippen molar-refractivity contribution in [3.05, 3.63) is 23.3 Å². The predicted octanol–water partition coefficient (Wildman–Crippen LogP) is 3.30. The number of rotatable bonds is 0. The molecule has 0 aliphatic rings. The van der Waals surface area contributed by atoms with Crippen LogP contribution in [0.5, 0.6) is 0 Å². The largest absolute Gasteiger partial charge is 0.173 e. The van der Waals surface area contributed by atoms with E-state index in [4.69, 9.17) is 0 Å². The molecule has 1 aromatic heterocycles. The maximum absolute atomic E-state index is 4.36. The molecule has 0 aliphatic carbocycles. The lowest BCUT2D eigenvalue weighted by Crippen LogP contribution is -2.12. The summed E-state index contributed by atoms with van der Waals surface area (Å²) >= 11 is 1.29. The third-order valence-corrected chi connectivity index (χ3v) is 2.86. The van der Waals surface area contributed by atoms with Gasteiger partial charge in [-0.05, 0) is 29.5 Å². The SMILES string of the molecule is Cc1cc(C(C)(C)C)c2nsnc2c1. The van der Waals surface area contributed by atoms with Crippen LogP contribution >= 0.6 is 11.7 Å². The third kappa shape index (κ3) is 1.52. The van der Waals surface area contributed by atoms with Crippen molar-refractivity contribution in [1.82, 2.24) is 8.75 Å². The van der Waals surface area contributed by atoms with E-state index in [1.807, 2.05) is 0 Å².